The highest BCUT2D eigenvalue weighted by molar-refractivity contribution is 6.44. The first-order valence-electron chi connectivity index (χ1n) is 5.51. The van der Waals surface area contributed by atoms with Gasteiger partial charge in [0.2, 0.25) is 0 Å². The van der Waals surface area contributed by atoms with Crippen LogP contribution in [0.5, 0.6) is 0 Å². The summed E-state index contributed by atoms with van der Waals surface area (Å²) in [5.41, 5.74) is 0.723. The van der Waals surface area contributed by atoms with Gasteiger partial charge in [-0.05, 0) is 30.7 Å². The molecule has 2 nitrogen and oxygen atoms in total. The lowest BCUT2D eigenvalue weighted by molar-refractivity contribution is 0.102. The Morgan fingerprint density at radius 1 is 1.16 bits per heavy atom. The van der Waals surface area contributed by atoms with Gasteiger partial charge in [0.1, 0.15) is 5.82 Å². The standard InChI is InChI=1S/C14H10Cl2FNO/c1-8-4-2-5-9(13(8)17)14(19)18-11-7-3-6-10(15)12(11)16/h2-7H,1H3,(H,18,19). The molecule has 98 valence electrons. The first-order valence-corrected chi connectivity index (χ1v) is 6.27. The maximum atomic E-state index is 13.8. The zero-order chi connectivity index (χ0) is 14.0. The van der Waals surface area contributed by atoms with Crippen LogP contribution in [0.4, 0.5) is 10.1 Å². The Morgan fingerprint density at radius 2 is 1.84 bits per heavy atom. The van der Waals surface area contributed by atoms with Crippen LogP contribution in [0.1, 0.15) is 15.9 Å². The number of halogens is 3. The van der Waals surface area contributed by atoms with Gasteiger partial charge in [-0.25, -0.2) is 4.39 Å². The summed E-state index contributed by atoms with van der Waals surface area (Å²) in [5.74, 6) is -1.11. The second-order valence-electron chi connectivity index (χ2n) is 3.99. The van der Waals surface area contributed by atoms with Crippen molar-refractivity contribution in [3.63, 3.8) is 0 Å². The van der Waals surface area contributed by atoms with Crippen LogP contribution in [0.2, 0.25) is 10.0 Å². The predicted octanol–water partition coefficient (Wildman–Crippen LogP) is 4.69. The molecular formula is C14H10Cl2FNO. The molecule has 0 radical (unpaired) electrons. The first kappa shape index (κ1) is 13.8. The fourth-order valence-corrected chi connectivity index (χ4v) is 1.96. The summed E-state index contributed by atoms with van der Waals surface area (Å²) < 4.78 is 13.8. The molecule has 0 saturated heterocycles. The minimum Gasteiger partial charge on any atom is -0.320 e. The number of nitrogens with one attached hydrogen (secondary N) is 1. The molecule has 0 fully saturated rings. The molecule has 0 bridgehead atoms. The monoisotopic (exact) mass is 297 g/mol. The number of rotatable bonds is 2. The van der Waals surface area contributed by atoms with Crippen LogP contribution in [0.15, 0.2) is 36.4 Å². The summed E-state index contributed by atoms with van der Waals surface area (Å²) in [6.45, 7) is 1.60. The molecule has 0 atom stereocenters. The van der Waals surface area contributed by atoms with Gasteiger partial charge in [0.15, 0.2) is 0 Å². The van der Waals surface area contributed by atoms with E-state index < -0.39 is 11.7 Å². The van der Waals surface area contributed by atoms with E-state index in [0.717, 1.165) is 0 Å². The second-order valence-corrected chi connectivity index (χ2v) is 4.78. The molecular weight excluding hydrogens is 288 g/mol. The van der Waals surface area contributed by atoms with Gasteiger partial charge in [0.05, 0.1) is 21.3 Å². The summed E-state index contributed by atoms with van der Waals surface area (Å²) in [6, 6.07) is 9.48. The van der Waals surface area contributed by atoms with Gasteiger partial charge in [-0.1, -0.05) is 41.4 Å². The van der Waals surface area contributed by atoms with E-state index >= 15 is 0 Å². The van der Waals surface area contributed by atoms with Crippen molar-refractivity contribution in [1.29, 1.82) is 0 Å². The molecule has 0 heterocycles. The predicted molar refractivity (Wildman–Crippen MR) is 75.6 cm³/mol. The third-order valence-corrected chi connectivity index (χ3v) is 3.46. The summed E-state index contributed by atoms with van der Waals surface area (Å²) in [6.07, 6.45) is 0. The van der Waals surface area contributed by atoms with Crippen LogP contribution in [-0.4, -0.2) is 5.91 Å². The van der Waals surface area contributed by atoms with Crippen LogP contribution >= 0.6 is 23.2 Å². The van der Waals surface area contributed by atoms with Crippen molar-refractivity contribution >= 4 is 34.8 Å². The SMILES string of the molecule is Cc1cccc(C(=O)Nc2cccc(Cl)c2Cl)c1F. The van der Waals surface area contributed by atoms with Gasteiger partial charge < -0.3 is 5.32 Å². The van der Waals surface area contributed by atoms with Crippen LogP contribution in [0.25, 0.3) is 0 Å². The van der Waals surface area contributed by atoms with Gasteiger partial charge >= 0.3 is 0 Å². The summed E-state index contributed by atoms with van der Waals surface area (Å²) in [7, 11) is 0. The highest BCUT2D eigenvalue weighted by Crippen LogP contribution is 2.30. The smallest absolute Gasteiger partial charge is 0.258 e. The van der Waals surface area contributed by atoms with E-state index in [9.17, 15) is 9.18 Å². The van der Waals surface area contributed by atoms with Crippen molar-refractivity contribution < 1.29 is 9.18 Å². The number of hydrogen-bond donors (Lipinski definition) is 1. The van der Waals surface area contributed by atoms with E-state index in [-0.39, 0.29) is 10.6 Å². The van der Waals surface area contributed by atoms with Gasteiger partial charge in [0.25, 0.3) is 5.91 Å². The third-order valence-electron chi connectivity index (χ3n) is 2.64. The van der Waals surface area contributed by atoms with Crippen molar-refractivity contribution in [3.05, 3.63) is 63.4 Å². The Labute approximate surface area is 120 Å². The van der Waals surface area contributed by atoms with Crippen molar-refractivity contribution in [2.24, 2.45) is 0 Å². The Kier molecular flexibility index (Phi) is 4.08. The molecule has 1 N–H and O–H groups in total. The fraction of sp³-hybridized carbons (Fsp3) is 0.0714. The largest absolute Gasteiger partial charge is 0.320 e. The lowest BCUT2D eigenvalue weighted by Gasteiger charge is -2.09. The average molecular weight is 298 g/mol. The molecule has 2 aromatic carbocycles. The molecule has 0 spiro atoms. The number of anilines is 1. The molecule has 2 rings (SSSR count). The minimum absolute atomic E-state index is 0.0314. The Balaban J connectivity index is 2.31. The summed E-state index contributed by atoms with van der Waals surface area (Å²) in [4.78, 5) is 12.0. The molecule has 0 unspecified atom stereocenters. The average Bonchev–Trinajstić information content (AvgIpc) is 2.38. The highest BCUT2D eigenvalue weighted by Gasteiger charge is 2.15. The third kappa shape index (κ3) is 2.88. The van der Waals surface area contributed by atoms with Gasteiger partial charge in [-0.15, -0.1) is 0 Å². The topological polar surface area (TPSA) is 29.1 Å². The van der Waals surface area contributed by atoms with Crippen LogP contribution in [0, 0.1) is 12.7 Å². The van der Waals surface area contributed by atoms with E-state index in [2.05, 4.69) is 5.32 Å². The van der Waals surface area contributed by atoms with Crippen molar-refractivity contribution in [2.75, 3.05) is 5.32 Å². The van der Waals surface area contributed by atoms with Crippen molar-refractivity contribution in [1.82, 2.24) is 0 Å². The minimum atomic E-state index is -0.564. The van der Waals surface area contributed by atoms with E-state index in [4.69, 9.17) is 23.2 Å². The lowest BCUT2D eigenvalue weighted by atomic mass is 10.1. The number of carbonyl (C=O) groups is 1. The normalized spacial score (nSPS) is 10.3. The highest BCUT2D eigenvalue weighted by atomic mass is 35.5. The first-order chi connectivity index (χ1) is 9.00. The summed E-state index contributed by atoms with van der Waals surface area (Å²) >= 11 is 11.8. The van der Waals surface area contributed by atoms with Gasteiger partial charge in [-0.3, -0.25) is 4.79 Å². The molecule has 0 saturated carbocycles. The quantitative estimate of drug-likeness (QED) is 0.856. The number of aryl methyl sites for hydroxylation is 1. The molecule has 1 amide bonds. The van der Waals surface area contributed by atoms with Crippen molar-refractivity contribution in [3.8, 4) is 0 Å². The van der Waals surface area contributed by atoms with Crippen LogP contribution in [0.3, 0.4) is 0 Å². The molecule has 19 heavy (non-hydrogen) atoms. The maximum Gasteiger partial charge on any atom is 0.258 e. The van der Waals surface area contributed by atoms with Crippen LogP contribution in [-0.2, 0) is 0 Å². The molecule has 0 aliphatic rings. The van der Waals surface area contributed by atoms with Crippen molar-refractivity contribution in [2.45, 2.75) is 6.92 Å². The molecule has 0 aliphatic carbocycles. The Hall–Kier alpha value is -1.58. The number of hydrogen-bond acceptors (Lipinski definition) is 1. The molecule has 2 aromatic rings. The van der Waals surface area contributed by atoms with E-state index in [1.54, 1.807) is 37.3 Å². The molecule has 5 heteroatoms. The van der Waals surface area contributed by atoms with E-state index in [0.29, 0.717) is 16.3 Å². The van der Waals surface area contributed by atoms with Gasteiger partial charge in [0, 0.05) is 0 Å². The fourth-order valence-electron chi connectivity index (χ4n) is 1.61. The second kappa shape index (κ2) is 5.59. The van der Waals surface area contributed by atoms with E-state index in [1.165, 1.54) is 6.07 Å². The van der Waals surface area contributed by atoms with Crippen LogP contribution < -0.4 is 5.32 Å². The zero-order valence-electron chi connectivity index (χ0n) is 10.0. The summed E-state index contributed by atoms with van der Waals surface area (Å²) in [5, 5.41) is 3.09. The lowest BCUT2D eigenvalue weighted by Crippen LogP contribution is -2.14. The molecule has 0 aromatic heterocycles. The number of carbonyl (C=O) groups excluding carboxylic acids is 1. The number of amides is 1. The van der Waals surface area contributed by atoms with Gasteiger partial charge in [-0.2, -0.15) is 0 Å². The van der Waals surface area contributed by atoms with E-state index in [1.807, 2.05) is 0 Å². The Morgan fingerprint density at radius 3 is 2.58 bits per heavy atom. The zero-order valence-corrected chi connectivity index (χ0v) is 11.5. The maximum absolute atomic E-state index is 13.8. The molecule has 0 aliphatic heterocycles. The Bertz CT molecular complexity index is 643. The number of benzene rings is 2.